The van der Waals surface area contributed by atoms with Gasteiger partial charge in [-0.25, -0.2) is 8.42 Å². The summed E-state index contributed by atoms with van der Waals surface area (Å²) in [5, 5.41) is 19.3. The van der Waals surface area contributed by atoms with Gasteiger partial charge >= 0.3 is 0 Å². The molecule has 0 saturated heterocycles. The Bertz CT molecular complexity index is 483. The van der Waals surface area contributed by atoms with Crippen molar-refractivity contribution in [2.45, 2.75) is 4.90 Å². The van der Waals surface area contributed by atoms with Gasteiger partial charge in [0.25, 0.3) is 14.7 Å². The molecule has 0 saturated carbocycles. The van der Waals surface area contributed by atoms with Gasteiger partial charge in [-0.2, -0.15) is 0 Å². The second-order valence-corrected chi connectivity index (χ2v) is 4.88. The number of phenols is 1. The molecule has 1 aromatic carbocycles. The van der Waals surface area contributed by atoms with E-state index < -0.39 is 30.3 Å². The standard InChI is InChI=1S/C6H4ClNO5S/c7-14(12,13)6-3-4(8(10)11)1-2-5(6)9/h1-3,9H. The van der Waals surface area contributed by atoms with E-state index in [1.165, 1.54) is 0 Å². The molecule has 0 radical (unpaired) electrons. The Labute approximate surface area is 83.3 Å². The topological polar surface area (TPSA) is 97.5 Å². The molecule has 0 spiro atoms. The van der Waals surface area contributed by atoms with Gasteiger partial charge in [-0.15, -0.1) is 0 Å². The fraction of sp³-hybridized carbons (Fsp3) is 0. The van der Waals surface area contributed by atoms with E-state index in [1.807, 2.05) is 0 Å². The lowest BCUT2D eigenvalue weighted by Gasteiger charge is -1.99. The lowest BCUT2D eigenvalue weighted by molar-refractivity contribution is -0.385. The van der Waals surface area contributed by atoms with E-state index in [4.69, 9.17) is 15.8 Å². The highest BCUT2D eigenvalue weighted by atomic mass is 35.7. The Kier molecular flexibility index (Phi) is 2.63. The first-order chi connectivity index (χ1) is 6.32. The lowest BCUT2D eigenvalue weighted by Crippen LogP contribution is -1.94. The highest BCUT2D eigenvalue weighted by molar-refractivity contribution is 8.13. The van der Waals surface area contributed by atoms with Crippen molar-refractivity contribution in [2.24, 2.45) is 0 Å². The van der Waals surface area contributed by atoms with Gasteiger partial charge in [0, 0.05) is 22.8 Å². The van der Waals surface area contributed by atoms with Gasteiger partial charge in [0.1, 0.15) is 10.6 Å². The molecular weight excluding hydrogens is 234 g/mol. The van der Waals surface area contributed by atoms with E-state index in [-0.39, 0.29) is 0 Å². The number of rotatable bonds is 2. The lowest BCUT2D eigenvalue weighted by atomic mass is 10.3. The number of phenolic OH excluding ortho intramolecular Hbond substituents is 1. The quantitative estimate of drug-likeness (QED) is 0.474. The molecule has 1 rings (SSSR count). The highest BCUT2D eigenvalue weighted by Crippen LogP contribution is 2.29. The Morgan fingerprint density at radius 3 is 2.43 bits per heavy atom. The second-order valence-electron chi connectivity index (χ2n) is 2.35. The van der Waals surface area contributed by atoms with Crippen LogP contribution in [0.2, 0.25) is 0 Å². The summed E-state index contributed by atoms with van der Waals surface area (Å²) in [6.45, 7) is 0. The minimum absolute atomic E-state index is 0.456. The van der Waals surface area contributed by atoms with Gasteiger partial charge < -0.3 is 5.11 Å². The van der Waals surface area contributed by atoms with Crippen LogP contribution in [0.5, 0.6) is 5.75 Å². The largest absolute Gasteiger partial charge is 0.507 e. The maximum Gasteiger partial charge on any atom is 0.271 e. The van der Waals surface area contributed by atoms with E-state index in [0.29, 0.717) is 6.07 Å². The molecule has 6 nitrogen and oxygen atoms in total. The first-order valence-corrected chi connectivity index (χ1v) is 5.55. The maximum absolute atomic E-state index is 10.8. The molecule has 14 heavy (non-hydrogen) atoms. The van der Waals surface area contributed by atoms with Crippen molar-refractivity contribution in [3.63, 3.8) is 0 Å². The third kappa shape index (κ3) is 2.12. The van der Waals surface area contributed by atoms with Crippen molar-refractivity contribution in [3.05, 3.63) is 28.3 Å². The predicted molar refractivity (Wildman–Crippen MR) is 47.8 cm³/mol. The number of non-ortho nitro benzene ring substituents is 1. The van der Waals surface area contributed by atoms with Gasteiger partial charge in [-0.3, -0.25) is 10.1 Å². The second kappa shape index (κ2) is 3.43. The maximum atomic E-state index is 10.8. The van der Waals surface area contributed by atoms with Crippen LogP contribution >= 0.6 is 10.7 Å². The van der Waals surface area contributed by atoms with Crippen LogP contribution in [0.1, 0.15) is 0 Å². The van der Waals surface area contributed by atoms with E-state index in [9.17, 15) is 18.5 Å². The van der Waals surface area contributed by atoms with Crippen molar-refractivity contribution >= 4 is 25.4 Å². The van der Waals surface area contributed by atoms with Crippen LogP contribution in [-0.2, 0) is 9.05 Å². The normalized spacial score (nSPS) is 11.2. The Morgan fingerprint density at radius 2 is 2.00 bits per heavy atom. The molecule has 0 unspecified atom stereocenters. The molecule has 0 aromatic heterocycles. The molecule has 0 aliphatic heterocycles. The molecule has 0 bridgehead atoms. The number of hydrogen-bond donors (Lipinski definition) is 1. The SMILES string of the molecule is O=[N+]([O-])c1ccc(O)c(S(=O)(=O)Cl)c1. The Hall–Kier alpha value is -1.34. The zero-order valence-corrected chi connectivity index (χ0v) is 8.12. The van der Waals surface area contributed by atoms with Gasteiger partial charge in [-0.05, 0) is 6.07 Å². The summed E-state index contributed by atoms with van der Waals surface area (Å²) < 4.78 is 21.6. The molecule has 0 atom stereocenters. The first kappa shape index (κ1) is 10.7. The van der Waals surface area contributed by atoms with Gasteiger partial charge in [0.15, 0.2) is 0 Å². The Balaban J connectivity index is 3.44. The number of benzene rings is 1. The van der Waals surface area contributed by atoms with E-state index in [0.717, 1.165) is 12.1 Å². The van der Waals surface area contributed by atoms with Crippen LogP contribution in [-0.4, -0.2) is 18.4 Å². The highest BCUT2D eigenvalue weighted by Gasteiger charge is 2.19. The number of aromatic hydroxyl groups is 1. The molecule has 0 amide bonds. The van der Waals surface area contributed by atoms with Gasteiger partial charge in [0.05, 0.1) is 4.92 Å². The molecule has 0 fully saturated rings. The van der Waals surface area contributed by atoms with Crippen molar-refractivity contribution in [2.75, 3.05) is 0 Å². The van der Waals surface area contributed by atoms with Gasteiger partial charge in [-0.1, -0.05) is 0 Å². The first-order valence-electron chi connectivity index (χ1n) is 3.24. The van der Waals surface area contributed by atoms with Crippen LogP contribution in [0.25, 0.3) is 0 Å². The Morgan fingerprint density at radius 1 is 1.43 bits per heavy atom. The third-order valence-electron chi connectivity index (χ3n) is 1.42. The third-order valence-corrected chi connectivity index (χ3v) is 2.77. The van der Waals surface area contributed by atoms with Crippen molar-refractivity contribution in [3.8, 4) is 5.75 Å². The molecule has 76 valence electrons. The van der Waals surface area contributed by atoms with Crippen LogP contribution in [0.15, 0.2) is 23.1 Å². The van der Waals surface area contributed by atoms with E-state index >= 15 is 0 Å². The van der Waals surface area contributed by atoms with Crippen molar-refractivity contribution < 1.29 is 18.4 Å². The summed E-state index contributed by atoms with van der Waals surface area (Å²) in [6.07, 6.45) is 0. The van der Waals surface area contributed by atoms with Crippen molar-refractivity contribution in [1.29, 1.82) is 0 Å². The van der Waals surface area contributed by atoms with Gasteiger partial charge in [0.2, 0.25) is 0 Å². The molecule has 0 aliphatic rings. The molecule has 1 aromatic rings. The van der Waals surface area contributed by atoms with Crippen molar-refractivity contribution in [1.82, 2.24) is 0 Å². The van der Waals surface area contributed by atoms with E-state index in [1.54, 1.807) is 0 Å². The minimum atomic E-state index is -4.17. The van der Waals surface area contributed by atoms with Crippen LogP contribution < -0.4 is 0 Å². The monoisotopic (exact) mass is 237 g/mol. The minimum Gasteiger partial charge on any atom is -0.507 e. The average molecular weight is 238 g/mol. The van der Waals surface area contributed by atoms with Crippen LogP contribution in [0.4, 0.5) is 5.69 Å². The van der Waals surface area contributed by atoms with Crippen LogP contribution in [0, 0.1) is 10.1 Å². The fourth-order valence-electron chi connectivity index (χ4n) is 0.812. The summed E-state index contributed by atoms with van der Waals surface area (Å²) in [6, 6.07) is 2.56. The fourth-order valence-corrected chi connectivity index (χ4v) is 1.76. The summed E-state index contributed by atoms with van der Waals surface area (Å²) in [4.78, 5) is 8.82. The molecule has 0 aliphatic carbocycles. The smallest absolute Gasteiger partial charge is 0.271 e. The average Bonchev–Trinajstić information content (AvgIpc) is 2.02. The molecule has 0 heterocycles. The molecule has 1 N–H and O–H groups in total. The molecular formula is C6H4ClNO5S. The predicted octanol–water partition coefficient (Wildman–Crippen LogP) is 1.23. The van der Waals surface area contributed by atoms with Crippen LogP contribution in [0.3, 0.4) is 0 Å². The summed E-state index contributed by atoms with van der Waals surface area (Å²) in [5.74, 6) is -0.620. The number of hydrogen-bond acceptors (Lipinski definition) is 5. The number of halogens is 1. The summed E-state index contributed by atoms with van der Waals surface area (Å²) in [5.41, 5.74) is -0.456. The zero-order chi connectivity index (χ0) is 10.9. The summed E-state index contributed by atoms with van der Waals surface area (Å²) >= 11 is 0. The number of nitro groups is 1. The number of nitro benzene ring substituents is 1. The zero-order valence-electron chi connectivity index (χ0n) is 6.55. The van der Waals surface area contributed by atoms with E-state index in [2.05, 4.69) is 0 Å². The number of nitrogens with zero attached hydrogens (tertiary/aromatic N) is 1. The summed E-state index contributed by atoms with van der Waals surface area (Å²) in [7, 11) is 0.758. The molecule has 8 heteroatoms.